The largest absolute Gasteiger partial charge is 0.383 e. The van der Waals surface area contributed by atoms with E-state index in [1.165, 1.54) is 11.3 Å². The van der Waals surface area contributed by atoms with E-state index in [4.69, 9.17) is 5.73 Å². The van der Waals surface area contributed by atoms with Crippen LogP contribution in [0.15, 0.2) is 30.0 Å². The molecule has 0 bridgehead atoms. The first-order valence-corrected chi connectivity index (χ1v) is 5.51. The first-order valence-electron chi connectivity index (χ1n) is 4.63. The number of nitrogens with two attached hydrogens (primary N) is 1. The van der Waals surface area contributed by atoms with Gasteiger partial charge in [0.1, 0.15) is 5.82 Å². The zero-order valence-electron chi connectivity index (χ0n) is 8.38. The van der Waals surface area contributed by atoms with Crippen LogP contribution in [0.25, 0.3) is 0 Å². The molecule has 3 N–H and O–H groups in total. The summed E-state index contributed by atoms with van der Waals surface area (Å²) in [5, 5.41) is 2.75. The summed E-state index contributed by atoms with van der Waals surface area (Å²) in [6.07, 6.45) is 3.27. The van der Waals surface area contributed by atoms with E-state index in [0.717, 1.165) is 4.88 Å². The lowest BCUT2D eigenvalue weighted by molar-refractivity contribution is 0.0952. The van der Waals surface area contributed by atoms with Crippen molar-refractivity contribution in [2.45, 2.75) is 6.54 Å². The van der Waals surface area contributed by atoms with Gasteiger partial charge in [0.2, 0.25) is 0 Å². The summed E-state index contributed by atoms with van der Waals surface area (Å²) >= 11 is 1.49. The molecular weight excluding hydrogens is 224 g/mol. The Hall–Kier alpha value is -1.95. The van der Waals surface area contributed by atoms with Gasteiger partial charge < -0.3 is 11.1 Å². The molecular formula is C10H10N4OS. The molecule has 5 nitrogen and oxygen atoms in total. The zero-order valence-corrected chi connectivity index (χ0v) is 9.20. The normalized spacial score (nSPS) is 10.0. The Morgan fingerprint density at radius 3 is 3.12 bits per heavy atom. The van der Waals surface area contributed by atoms with Gasteiger partial charge in [0.25, 0.3) is 5.91 Å². The number of aromatic nitrogens is 2. The van der Waals surface area contributed by atoms with Gasteiger partial charge in [-0.1, -0.05) is 0 Å². The summed E-state index contributed by atoms with van der Waals surface area (Å²) in [4.78, 5) is 20.5. The van der Waals surface area contributed by atoms with Gasteiger partial charge in [0, 0.05) is 17.3 Å². The van der Waals surface area contributed by atoms with E-state index in [-0.39, 0.29) is 11.7 Å². The Labute approximate surface area is 96.3 Å². The first kappa shape index (κ1) is 10.6. The molecule has 16 heavy (non-hydrogen) atoms. The van der Waals surface area contributed by atoms with E-state index >= 15 is 0 Å². The molecule has 2 aromatic rings. The molecule has 0 saturated carbocycles. The third kappa shape index (κ3) is 2.34. The van der Waals surface area contributed by atoms with Gasteiger partial charge in [-0.25, -0.2) is 4.98 Å². The molecule has 0 radical (unpaired) electrons. The van der Waals surface area contributed by atoms with E-state index in [2.05, 4.69) is 15.3 Å². The fourth-order valence-electron chi connectivity index (χ4n) is 1.20. The predicted molar refractivity (Wildman–Crippen MR) is 61.9 cm³/mol. The molecule has 2 heterocycles. The van der Waals surface area contributed by atoms with Crippen molar-refractivity contribution in [3.05, 3.63) is 40.5 Å². The number of rotatable bonds is 3. The second-order valence-electron chi connectivity index (χ2n) is 3.09. The molecule has 2 rings (SSSR count). The summed E-state index contributed by atoms with van der Waals surface area (Å²) in [5.41, 5.74) is 7.71. The van der Waals surface area contributed by atoms with Crippen LogP contribution in [0.5, 0.6) is 0 Å². The van der Waals surface area contributed by atoms with Crippen molar-refractivity contribution in [2.24, 2.45) is 0 Å². The molecule has 2 aromatic heterocycles. The van der Waals surface area contributed by atoms with E-state index in [9.17, 15) is 4.79 Å². The van der Waals surface area contributed by atoms with Crippen LogP contribution in [0, 0.1) is 0 Å². The summed E-state index contributed by atoms with van der Waals surface area (Å²) in [7, 11) is 0. The lowest BCUT2D eigenvalue weighted by atomic mass is 10.2. The summed E-state index contributed by atoms with van der Waals surface area (Å²) in [6, 6.07) is 3.32. The fourth-order valence-corrected chi connectivity index (χ4v) is 1.74. The van der Waals surface area contributed by atoms with Gasteiger partial charge in [-0.3, -0.25) is 9.78 Å². The SMILES string of the molecule is Nc1ncccc1C(=O)NCc1cncs1. The minimum Gasteiger partial charge on any atom is -0.383 e. The third-order valence-electron chi connectivity index (χ3n) is 1.99. The van der Waals surface area contributed by atoms with Crippen molar-refractivity contribution < 1.29 is 4.79 Å². The number of pyridine rings is 1. The number of thiazole rings is 1. The van der Waals surface area contributed by atoms with Crippen molar-refractivity contribution >= 4 is 23.1 Å². The van der Waals surface area contributed by atoms with Gasteiger partial charge in [0.15, 0.2) is 0 Å². The van der Waals surface area contributed by atoms with Crippen LogP contribution < -0.4 is 11.1 Å². The zero-order chi connectivity index (χ0) is 11.4. The number of nitrogens with zero attached hydrogens (tertiary/aromatic N) is 2. The van der Waals surface area contributed by atoms with Crippen LogP contribution in [0.4, 0.5) is 5.82 Å². The average Bonchev–Trinajstić information content (AvgIpc) is 2.79. The number of nitrogen functional groups attached to an aromatic ring is 1. The van der Waals surface area contributed by atoms with E-state index in [1.807, 2.05) is 0 Å². The van der Waals surface area contributed by atoms with Crippen molar-refractivity contribution in [3.63, 3.8) is 0 Å². The van der Waals surface area contributed by atoms with E-state index in [0.29, 0.717) is 12.1 Å². The topological polar surface area (TPSA) is 80.9 Å². The average molecular weight is 234 g/mol. The number of anilines is 1. The van der Waals surface area contributed by atoms with Crippen molar-refractivity contribution in [1.29, 1.82) is 0 Å². The first-order chi connectivity index (χ1) is 7.77. The highest BCUT2D eigenvalue weighted by Crippen LogP contribution is 2.08. The quantitative estimate of drug-likeness (QED) is 0.831. The molecule has 1 amide bonds. The molecule has 0 unspecified atom stereocenters. The Kier molecular flexibility index (Phi) is 3.11. The molecule has 0 aliphatic carbocycles. The molecule has 82 valence electrons. The van der Waals surface area contributed by atoms with Crippen LogP contribution in [0.3, 0.4) is 0 Å². The second kappa shape index (κ2) is 4.71. The van der Waals surface area contributed by atoms with Gasteiger partial charge in [-0.05, 0) is 12.1 Å². The maximum Gasteiger partial charge on any atom is 0.255 e. The lowest BCUT2D eigenvalue weighted by Gasteiger charge is -2.04. The molecule has 0 fully saturated rings. The molecule has 0 atom stereocenters. The van der Waals surface area contributed by atoms with Crippen LogP contribution in [-0.4, -0.2) is 15.9 Å². The standard InChI is InChI=1S/C10H10N4OS/c11-9-8(2-1-3-13-9)10(15)14-5-7-4-12-6-16-7/h1-4,6H,5H2,(H2,11,13)(H,14,15). The van der Waals surface area contributed by atoms with Gasteiger partial charge in [-0.2, -0.15) is 0 Å². The number of carbonyl (C=O) groups excluding carboxylic acids is 1. The van der Waals surface area contributed by atoms with Crippen LogP contribution in [0.2, 0.25) is 0 Å². The number of hydrogen-bond acceptors (Lipinski definition) is 5. The van der Waals surface area contributed by atoms with Crippen LogP contribution in [0.1, 0.15) is 15.2 Å². The van der Waals surface area contributed by atoms with Crippen LogP contribution in [-0.2, 0) is 6.54 Å². The molecule has 0 aromatic carbocycles. The second-order valence-corrected chi connectivity index (χ2v) is 4.06. The molecule has 6 heteroatoms. The van der Waals surface area contributed by atoms with Crippen LogP contribution >= 0.6 is 11.3 Å². The van der Waals surface area contributed by atoms with Gasteiger partial charge >= 0.3 is 0 Å². The van der Waals surface area contributed by atoms with E-state index < -0.39 is 0 Å². The fraction of sp³-hybridized carbons (Fsp3) is 0.100. The summed E-state index contributed by atoms with van der Waals surface area (Å²) in [5.74, 6) is 0.0169. The minimum absolute atomic E-state index is 0.223. The number of amides is 1. The van der Waals surface area contributed by atoms with Crippen molar-refractivity contribution in [2.75, 3.05) is 5.73 Å². The molecule has 0 aliphatic rings. The highest BCUT2D eigenvalue weighted by atomic mass is 32.1. The Balaban J connectivity index is 2.01. The third-order valence-corrected chi connectivity index (χ3v) is 2.77. The smallest absolute Gasteiger partial charge is 0.255 e. The molecule has 0 aliphatic heterocycles. The van der Waals surface area contributed by atoms with Gasteiger partial charge in [-0.15, -0.1) is 11.3 Å². The molecule has 0 spiro atoms. The number of hydrogen-bond donors (Lipinski definition) is 2. The summed E-state index contributed by atoms with van der Waals surface area (Å²) < 4.78 is 0. The number of carbonyl (C=O) groups is 1. The Bertz CT molecular complexity index is 483. The maximum atomic E-state index is 11.7. The highest BCUT2D eigenvalue weighted by Gasteiger charge is 2.09. The van der Waals surface area contributed by atoms with Crippen molar-refractivity contribution in [3.8, 4) is 0 Å². The lowest BCUT2D eigenvalue weighted by Crippen LogP contribution is -2.23. The number of nitrogens with one attached hydrogen (secondary N) is 1. The predicted octanol–water partition coefficient (Wildman–Crippen LogP) is 1.05. The summed E-state index contributed by atoms with van der Waals surface area (Å²) in [6.45, 7) is 0.456. The van der Waals surface area contributed by atoms with Crippen molar-refractivity contribution in [1.82, 2.24) is 15.3 Å². The molecule has 0 saturated heterocycles. The van der Waals surface area contributed by atoms with E-state index in [1.54, 1.807) is 30.0 Å². The highest BCUT2D eigenvalue weighted by molar-refractivity contribution is 7.09. The minimum atomic E-state index is -0.223. The Morgan fingerprint density at radius 2 is 2.44 bits per heavy atom. The monoisotopic (exact) mass is 234 g/mol. The maximum absolute atomic E-state index is 11.7. The van der Waals surface area contributed by atoms with Gasteiger partial charge in [0.05, 0.1) is 17.6 Å². The Morgan fingerprint density at radius 1 is 1.56 bits per heavy atom.